The van der Waals surface area contributed by atoms with E-state index in [2.05, 4.69) is 4.74 Å². The van der Waals surface area contributed by atoms with Gasteiger partial charge < -0.3 is 18.8 Å². The minimum atomic E-state index is -6.65. The summed E-state index contributed by atoms with van der Waals surface area (Å²) in [5.41, 5.74) is 0. The molecule has 2 aliphatic carbocycles. The number of ether oxygens (including phenoxy) is 3. The highest BCUT2D eigenvalue weighted by molar-refractivity contribution is 7.86. The lowest BCUT2D eigenvalue weighted by atomic mass is 9.78. The second-order valence-electron chi connectivity index (χ2n) is 7.18. The van der Waals surface area contributed by atoms with Gasteiger partial charge in [-0.2, -0.15) is 17.6 Å². The summed E-state index contributed by atoms with van der Waals surface area (Å²) in [6.07, 6.45) is -3.30. The van der Waals surface area contributed by atoms with Crippen LogP contribution in [0.2, 0.25) is 0 Å². The first-order valence-electron chi connectivity index (χ1n) is 8.44. The molecule has 0 N–H and O–H groups in total. The Labute approximate surface area is 161 Å². The van der Waals surface area contributed by atoms with E-state index in [-0.39, 0.29) is 6.42 Å². The van der Waals surface area contributed by atoms with Crippen molar-refractivity contribution in [3.05, 3.63) is 0 Å². The van der Waals surface area contributed by atoms with Crippen LogP contribution in [-0.2, 0) is 38.7 Å². The Balaban J connectivity index is 1.67. The fourth-order valence-electron chi connectivity index (χ4n) is 4.36. The van der Waals surface area contributed by atoms with E-state index >= 15 is 0 Å². The highest BCUT2D eigenvalue weighted by atomic mass is 32.2. The third-order valence-corrected chi connectivity index (χ3v) is 6.45. The third-order valence-electron chi connectivity index (χ3n) is 5.52. The van der Waals surface area contributed by atoms with Crippen LogP contribution in [0.15, 0.2) is 0 Å². The van der Waals surface area contributed by atoms with E-state index in [1.165, 1.54) is 0 Å². The monoisotopic (exact) mass is 447 g/mol. The summed E-state index contributed by atoms with van der Waals surface area (Å²) in [7, 11) is -6.65. The van der Waals surface area contributed by atoms with Gasteiger partial charge >= 0.3 is 29.1 Å². The summed E-state index contributed by atoms with van der Waals surface area (Å²) < 4.78 is 99.0. The van der Waals surface area contributed by atoms with Crippen LogP contribution in [0, 0.1) is 23.7 Å². The lowest BCUT2D eigenvalue weighted by molar-refractivity contribution is -0.179. The molecule has 29 heavy (non-hydrogen) atoms. The average Bonchev–Trinajstić information content (AvgIpc) is 3.16. The number of carbonyl (C=O) groups excluding carboxylic acids is 3. The SMILES string of the molecule is CC(=O)OC1C2CC3C1OC(=O)C3C2C(=O)OCCC(F)(F)C(F)(F)S(=O)(=O)[O-]. The minimum absolute atomic E-state index is 0.279. The van der Waals surface area contributed by atoms with Crippen molar-refractivity contribution in [2.75, 3.05) is 6.61 Å². The molecule has 3 fully saturated rings. The summed E-state index contributed by atoms with van der Waals surface area (Å²) in [5, 5.41) is -5.89. The second-order valence-corrected chi connectivity index (χ2v) is 8.60. The van der Waals surface area contributed by atoms with Gasteiger partial charge in [-0.1, -0.05) is 0 Å². The second kappa shape index (κ2) is 6.79. The fourth-order valence-corrected chi connectivity index (χ4v) is 4.83. The molecule has 1 saturated heterocycles. The van der Waals surface area contributed by atoms with Crippen LogP contribution < -0.4 is 0 Å². The molecule has 14 heteroatoms. The maximum absolute atomic E-state index is 13.4. The van der Waals surface area contributed by atoms with E-state index in [4.69, 9.17) is 9.47 Å². The number of alkyl halides is 4. The summed E-state index contributed by atoms with van der Waals surface area (Å²) >= 11 is 0. The lowest BCUT2D eigenvalue weighted by Crippen LogP contribution is -2.48. The summed E-state index contributed by atoms with van der Waals surface area (Å²) in [6.45, 7) is -0.214. The van der Waals surface area contributed by atoms with E-state index in [9.17, 15) is 44.9 Å². The first-order chi connectivity index (χ1) is 13.2. The zero-order chi connectivity index (χ0) is 21.9. The maximum atomic E-state index is 13.4. The molecule has 2 saturated carbocycles. The number of halogens is 4. The van der Waals surface area contributed by atoms with E-state index in [1.807, 2.05) is 0 Å². The van der Waals surface area contributed by atoms with Gasteiger partial charge in [0.2, 0.25) is 0 Å². The highest BCUT2D eigenvalue weighted by Crippen LogP contribution is 2.59. The molecule has 0 spiro atoms. The van der Waals surface area contributed by atoms with Gasteiger partial charge in [0.25, 0.3) is 0 Å². The Morgan fingerprint density at radius 3 is 2.41 bits per heavy atom. The van der Waals surface area contributed by atoms with Gasteiger partial charge in [-0.15, -0.1) is 0 Å². The molecule has 2 bridgehead atoms. The van der Waals surface area contributed by atoms with Crippen molar-refractivity contribution in [2.24, 2.45) is 23.7 Å². The maximum Gasteiger partial charge on any atom is 0.396 e. The fraction of sp³-hybridized carbons (Fsp3) is 0.800. The number of carbonyl (C=O) groups is 3. The van der Waals surface area contributed by atoms with Crippen LogP contribution in [0.5, 0.6) is 0 Å². The Morgan fingerprint density at radius 1 is 1.24 bits per heavy atom. The summed E-state index contributed by atoms with van der Waals surface area (Å²) in [6, 6.07) is 0. The predicted molar refractivity (Wildman–Crippen MR) is 79.2 cm³/mol. The number of rotatable bonds is 7. The molecule has 1 heterocycles. The first-order valence-corrected chi connectivity index (χ1v) is 9.85. The molecule has 0 amide bonds. The van der Waals surface area contributed by atoms with Crippen LogP contribution in [0.4, 0.5) is 17.6 Å². The third kappa shape index (κ3) is 3.35. The van der Waals surface area contributed by atoms with Gasteiger partial charge in [0.1, 0.15) is 12.2 Å². The van der Waals surface area contributed by atoms with Crippen molar-refractivity contribution in [3.63, 3.8) is 0 Å². The number of hydrogen-bond acceptors (Lipinski definition) is 9. The Morgan fingerprint density at radius 2 is 1.86 bits per heavy atom. The van der Waals surface area contributed by atoms with Gasteiger partial charge in [-0.25, -0.2) is 8.42 Å². The molecular formula is C15H15F4O9S-. The lowest BCUT2D eigenvalue weighted by Gasteiger charge is -2.30. The van der Waals surface area contributed by atoms with Gasteiger partial charge in [-0.3, -0.25) is 14.4 Å². The summed E-state index contributed by atoms with van der Waals surface area (Å²) in [5.74, 6) is -11.1. The smallest absolute Gasteiger partial charge is 0.396 e. The molecule has 0 aromatic heterocycles. The topological polar surface area (TPSA) is 136 Å². The number of fused-ring (bicyclic) bond motifs is 1. The van der Waals surface area contributed by atoms with Crippen molar-refractivity contribution in [1.29, 1.82) is 0 Å². The zero-order valence-corrected chi connectivity index (χ0v) is 15.5. The summed E-state index contributed by atoms with van der Waals surface area (Å²) in [4.78, 5) is 35.6. The van der Waals surface area contributed by atoms with E-state index in [0.29, 0.717) is 0 Å². The number of hydrogen-bond donors (Lipinski definition) is 0. The van der Waals surface area contributed by atoms with E-state index < -0.39 is 88.1 Å². The van der Waals surface area contributed by atoms with Crippen molar-refractivity contribution >= 4 is 28.0 Å². The van der Waals surface area contributed by atoms with Gasteiger partial charge in [0, 0.05) is 18.8 Å². The Bertz CT molecular complexity index is 843. The Kier molecular flexibility index (Phi) is 5.09. The molecule has 1 aliphatic heterocycles. The predicted octanol–water partition coefficient (Wildman–Crippen LogP) is 0.432. The molecule has 0 radical (unpaired) electrons. The molecular weight excluding hydrogens is 432 g/mol. The molecule has 0 aromatic rings. The molecule has 9 nitrogen and oxygen atoms in total. The van der Waals surface area contributed by atoms with Crippen LogP contribution >= 0.6 is 0 Å². The zero-order valence-electron chi connectivity index (χ0n) is 14.7. The first kappa shape index (κ1) is 21.7. The van der Waals surface area contributed by atoms with Crippen molar-refractivity contribution < 1.29 is 59.1 Å². The largest absolute Gasteiger partial charge is 0.743 e. The Hall–Kier alpha value is -1.96. The van der Waals surface area contributed by atoms with Gasteiger partial charge in [0.05, 0.1) is 24.9 Å². The van der Waals surface area contributed by atoms with Gasteiger partial charge in [-0.05, 0) is 6.42 Å². The van der Waals surface area contributed by atoms with Crippen LogP contribution in [0.3, 0.4) is 0 Å². The van der Waals surface area contributed by atoms with E-state index in [0.717, 1.165) is 6.92 Å². The van der Waals surface area contributed by atoms with E-state index in [1.54, 1.807) is 0 Å². The normalized spacial score (nSPS) is 33.5. The van der Waals surface area contributed by atoms with Crippen molar-refractivity contribution in [1.82, 2.24) is 0 Å². The quantitative estimate of drug-likeness (QED) is 0.236. The van der Waals surface area contributed by atoms with Crippen LogP contribution in [0.1, 0.15) is 19.8 Å². The molecule has 6 atom stereocenters. The minimum Gasteiger partial charge on any atom is -0.743 e. The van der Waals surface area contributed by atoms with Crippen LogP contribution in [0.25, 0.3) is 0 Å². The molecule has 3 aliphatic rings. The average molecular weight is 447 g/mol. The highest BCUT2D eigenvalue weighted by Gasteiger charge is 2.70. The molecule has 3 rings (SSSR count). The number of esters is 3. The van der Waals surface area contributed by atoms with Gasteiger partial charge in [0.15, 0.2) is 10.1 Å². The van der Waals surface area contributed by atoms with Crippen molar-refractivity contribution in [3.8, 4) is 0 Å². The van der Waals surface area contributed by atoms with Crippen LogP contribution in [-0.4, -0.2) is 60.9 Å². The van der Waals surface area contributed by atoms with Crippen molar-refractivity contribution in [2.45, 2.75) is 43.2 Å². The standard InChI is InChI=1S/C15H16F4O9S/c1-5(20)27-10-6-4-7-9(13(22)28-11(7)10)8(6)12(21)26-3-2-14(16,17)15(18,19)29(23,24)25/h6-11H,2-4H2,1H3,(H,23,24,25)/p-1. The molecule has 164 valence electrons. The molecule has 6 unspecified atom stereocenters. The molecule has 0 aromatic carbocycles.